The van der Waals surface area contributed by atoms with Gasteiger partial charge in [-0.15, -0.1) is 0 Å². The normalized spacial score (nSPS) is 10.6. The Bertz CT molecular complexity index is 1080. The minimum Gasteiger partial charge on any atom is -0.483 e. The highest BCUT2D eigenvalue weighted by Gasteiger charge is 2.11. The Labute approximate surface area is 191 Å². The van der Waals surface area contributed by atoms with Crippen molar-refractivity contribution in [2.24, 2.45) is 0 Å². The summed E-state index contributed by atoms with van der Waals surface area (Å²) in [5.74, 6) is 0.541. The number of aryl methyl sites for hydroxylation is 1. The lowest BCUT2D eigenvalue weighted by Gasteiger charge is -2.14. The van der Waals surface area contributed by atoms with Gasteiger partial charge < -0.3 is 15.4 Å². The molecule has 5 nitrogen and oxygen atoms in total. The number of nitrogens with one attached hydrogen (secondary N) is 2. The van der Waals surface area contributed by atoms with Crippen molar-refractivity contribution in [1.29, 1.82) is 0 Å². The van der Waals surface area contributed by atoms with E-state index in [1.807, 2.05) is 43.3 Å². The Hall–Kier alpha value is -3.12. The monoisotopic (exact) mass is 480 g/mol. The minimum atomic E-state index is -0.255. The molecule has 0 fully saturated rings. The van der Waals surface area contributed by atoms with E-state index in [0.717, 1.165) is 15.6 Å². The second-order valence-electron chi connectivity index (χ2n) is 7.57. The first-order valence-electron chi connectivity index (χ1n) is 10.0. The first kappa shape index (κ1) is 22.6. The Morgan fingerprint density at radius 2 is 1.61 bits per heavy atom. The molecule has 0 aromatic heterocycles. The molecule has 160 valence electrons. The van der Waals surface area contributed by atoms with E-state index in [4.69, 9.17) is 4.74 Å². The minimum absolute atomic E-state index is 0.0901. The van der Waals surface area contributed by atoms with Crippen molar-refractivity contribution in [1.82, 2.24) is 0 Å². The first-order chi connectivity index (χ1) is 14.8. The average Bonchev–Trinajstić information content (AvgIpc) is 2.74. The van der Waals surface area contributed by atoms with Crippen LogP contribution in [0.25, 0.3) is 0 Å². The van der Waals surface area contributed by atoms with Crippen LogP contribution in [0.2, 0.25) is 0 Å². The van der Waals surface area contributed by atoms with Gasteiger partial charge in [0.25, 0.3) is 11.8 Å². The summed E-state index contributed by atoms with van der Waals surface area (Å²) in [5, 5.41) is 5.66. The standard InChI is InChI=1S/C25H25BrN2O3/c1-16(2)22-14-19(26)7-12-23(22)31-15-24(29)27-20-8-10-21(11-9-20)28-25(30)18-6-4-5-17(3)13-18/h4-14,16H,15H2,1-3H3,(H,27,29)(H,28,30). The molecule has 0 aliphatic rings. The van der Waals surface area contributed by atoms with E-state index in [9.17, 15) is 9.59 Å². The van der Waals surface area contributed by atoms with Crippen LogP contribution in [0.5, 0.6) is 5.75 Å². The number of hydrogen-bond acceptors (Lipinski definition) is 3. The molecule has 3 aromatic rings. The van der Waals surface area contributed by atoms with E-state index in [2.05, 4.69) is 40.4 Å². The molecular formula is C25H25BrN2O3. The molecule has 0 heterocycles. The second-order valence-corrected chi connectivity index (χ2v) is 8.49. The lowest BCUT2D eigenvalue weighted by Crippen LogP contribution is -2.20. The Morgan fingerprint density at radius 3 is 2.26 bits per heavy atom. The van der Waals surface area contributed by atoms with Crippen molar-refractivity contribution in [3.63, 3.8) is 0 Å². The van der Waals surface area contributed by atoms with Gasteiger partial charge in [-0.2, -0.15) is 0 Å². The van der Waals surface area contributed by atoms with Crippen LogP contribution < -0.4 is 15.4 Å². The number of anilines is 2. The Morgan fingerprint density at radius 1 is 0.935 bits per heavy atom. The van der Waals surface area contributed by atoms with Crippen molar-refractivity contribution in [2.75, 3.05) is 17.2 Å². The summed E-state index contributed by atoms with van der Waals surface area (Å²) in [6.07, 6.45) is 0. The van der Waals surface area contributed by atoms with Crippen molar-refractivity contribution in [3.8, 4) is 5.75 Å². The summed E-state index contributed by atoms with van der Waals surface area (Å²) in [6, 6.07) is 20.1. The third kappa shape index (κ3) is 6.43. The molecule has 6 heteroatoms. The lowest BCUT2D eigenvalue weighted by atomic mass is 10.0. The maximum absolute atomic E-state index is 12.3. The number of halogens is 1. The molecule has 3 rings (SSSR count). The topological polar surface area (TPSA) is 67.4 Å². The van der Waals surface area contributed by atoms with E-state index in [0.29, 0.717) is 22.7 Å². The third-order valence-electron chi connectivity index (χ3n) is 4.66. The van der Waals surface area contributed by atoms with Gasteiger partial charge in [-0.05, 0) is 73.0 Å². The number of carbonyl (C=O) groups is 2. The molecule has 0 aliphatic carbocycles. The molecule has 0 saturated carbocycles. The smallest absolute Gasteiger partial charge is 0.262 e. The summed E-state index contributed by atoms with van der Waals surface area (Å²) in [7, 11) is 0. The second kappa shape index (κ2) is 10.3. The van der Waals surface area contributed by atoms with Crippen LogP contribution in [0.1, 0.15) is 41.3 Å². The molecule has 3 aromatic carbocycles. The van der Waals surface area contributed by atoms with E-state index >= 15 is 0 Å². The zero-order chi connectivity index (χ0) is 22.4. The third-order valence-corrected chi connectivity index (χ3v) is 5.15. The van der Waals surface area contributed by atoms with Crippen LogP contribution in [0.4, 0.5) is 11.4 Å². The fourth-order valence-corrected chi connectivity index (χ4v) is 3.45. The summed E-state index contributed by atoms with van der Waals surface area (Å²) >= 11 is 3.46. The number of hydrogen-bond donors (Lipinski definition) is 2. The Balaban J connectivity index is 1.55. The quantitative estimate of drug-likeness (QED) is 0.425. The van der Waals surface area contributed by atoms with Crippen molar-refractivity contribution < 1.29 is 14.3 Å². The Kier molecular flexibility index (Phi) is 7.47. The maximum atomic E-state index is 12.3. The van der Waals surface area contributed by atoms with Crippen LogP contribution in [0, 0.1) is 6.92 Å². The number of ether oxygens (including phenoxy) is 1. The fraction of sp³-hybridized carbons (Fsp3) is 0.200. The van der Waals surface area contributed by atoms with Crippen LogP contribution in [-0.2, 0) is 4.79 Å². The van der Waals surface area contributed by atoms with Gasteiger partial charge in [-0.1, -0.05) is 47.5 Å². The van der Waals surface area contributed by atoms with Gasteiger partial charge in [-0.25, -0.2) is 0 Å². The van der Waals surface area contributed by atoms with Gasteiger partial charge in [-0.3, -0.25) is 9.59 Å². The molecule has 0 radical (unpaired) electrons. The highest BCUT2D eigenvalue weighted by Crippen LogP contribution is 2.29. The van der Waals surface area contributed by atoms with E-state index in [1.165, 1.54) is 0 Å². The summed E-state index contributed by atoms with van der Waals surface area (Å²) in [4.78, 5) is 24.6. The van der Waals surface area contributed by atoms with E-state index in [-0.39, 0.29) is 24.3 Å². The predicted molar refractivity (Wildman–Crippen MR) is 128 cm³/mol. The maximum Gasteiger partial charge on any atom is 0.262 e. The molecule has 0 bridgehead atoms. The van der Waals surface area contributed by atoms with Gasteiger partial charge in [0.2, 0.25) is 0 Å². The number of carbonyl (C=O) groups excluding carboxylic acids is 2. The van der Waals surface area contributed by atoms with Crippen LogP contribution >= 0.6 is 15.9 Å². The molecule has 31 heavy (non-hydrogen) atoms. The first-order valence-corrected chi connectivity index (χ1v) is 10.8. The van der Waals surface area contributed by atoms with Crippen molar-refractivity contribution in [2.45, 2.75) is 26.7 Å². The summed E-state index contributed by atoms with van der Waals surface area (Å²) in [5.41, 5.74) is 3.94. The molecule has 2 N–H and O–H groups in total. The highest BCUT2D eigenvalue weighted by molar-refractivity contribution is 9.10. The summed E-state index contributed by atoms with van der Waals surface area (Å²) < 4.78 is 6.71. The predicted octanol–water partition coefficient (Wildman–Crippen LogP) is 6.15. The van der Waals surface area contributed by atoms with Crippen molar-refractivity contribution in [3.05, 3.63) is 87.9 Å². The zero-order valence-corrected chi connectivity index (χ0v) is 19.3. The van der Waals surface area contributed by atoms with Gasteiger partial charge in [0.1, 0.15) is 5.75 Å². The van der Waals surface area contributed by atoms with Gasteiger partial charge in [0, 0.05) is 21.4 Å². The number of amides is 2. The molecule has 2 amide bonds. The van der Waals surface area contributed by atoms with E-state index in [1.54, 1.807) is 30.3 Å². The zero-order valence-electron chi connectivity index (χ0n) is 17.7. The molecule has 0 atom stereocenters. The molecule has 0 saturated heterocycles. The van der Waals surface area contributed by atoms with Gasteiger partial charge >= 0.3 is 0 Å². The van der Waals surface area contributed by atoms with E-state index < -0.39 is 0 Å². The van der Waals surface area contributed by atoms with Crippen LogP contribution in [-0.4, -0.2) is 18.4 Å². The summed E-state index contributed by atoms with van der Waals surface area (Å²) in [6.45, 7) is 6.01. The van der Waals surface area contributed by atoms with Gasteiger partial charge in [0.05, 0.1) is 0 Å². The lowest BCUT2D eigenvalue weighted by molar-refractivity contribution is -0.118. The average molecular weight is 481 g/mol. The van der Waals surface area contributed by atoms with Crippen LogP contribution in [0.3, 0.4) is 0 Å². The largest absolute Gasteiger partial charge is 0.483 e. The molecular weight excluding hydrogens is 456 g/mol. The number of rotatable bonds is 7. The van der Waals surface area contributed by atoms with Crippen molar-refractivity contribution >= 4 is 39.1 Å². The highest BCUT2D eigenvalue weighted by atomic mass is 79.9. The van der Waals surface area contributed by atoms with Crippen LogP contribution in [0.15, 0.2) is 71.2 Å². The van der Waals surface area contributed by atoms with Gasteiger partial charge in [0.15, 0.2) is 6.61 Å². The SMILES string of the molecule is Cc1cccc(C(=O)Nc2ccc(NC(=O)COc3ccc(Br)cc3C(C)C)cc2)c1. The fourth-order valence-electron chi connectivity index (χ4n) is 3.07. The molecule has 0 spiro atoms. The molecule has 0 aliphatic heterocycles. The number of benzene rings is 3. The molecule has 0 unspecified atom stereocenters.